The summed E-state index contributed by atoms with van der Waals surface area (Å²) in [4.78, 5) is 21.3. The molecule has 0 atom stereocenters. The van der Waals surface area contributed by atoms with Crippen LogP contribution in [0.3, 0.4) is 0 Å². The first-order valence-electron chi connectivity index (χ1n) is 10.8. The van der Waals surface area contributed by atoms with E-state index in [1.54, 1.807) is 0 Å². The van der Waals surface area contributed by atoms with Crippen molar-refractivity contribution in [3.63, 3.8) is 0 Å². The van der Waals surface area contributed by atoms with Crippen LogP contribution in [0.5, 0.6) is 0 Å². The van der Waals surface area contributed by atoms with E-state index >= 15 is 0 Å². The highest BCUT2D eigenvalue weighted by molar-refractivity contribution is 7.91. The molecule has 0 aliphatic carbocycles. The van der Waals surface area contributed by atoms with Crippen molar-refractivity contribution in [1.29, 1.82) is 0 Å². The van der Waals surface area contributed by atoms with Gasteiger partial charge in [0.25, 0.3) is 15.9 Å². The average molecular weight is 589 g/mol. The van der Waals surface area contributed by atoms with Crippen LogP contribution < -0.4 is 10.0 Å². The molecule has 0 saturated carbocycles. The van der Waals surface area contributed by atoms with Crippen molar-refractivity contribution in [2.24, 2.45) is 0 Å². The highest BCUT2D eigenvalue weighted by atomic mass is 35.5. The van der Waals surface area contributed by atoms with Gasteiger partial charge in [-0.2, -0.15) is 18.3 Å². The Hall–Kier alpha value is -3.11. The van der Waals surface area contributed by atoms with Gasteiger partial charge < -0.3 is 5.11 Å². The SMILES string of the molecule is Cc1nc(NC(=O)c2cnn3c(C(F)(F)F)cc(-c4ccc(Cl)cc4)nc23)sc1S(=O)(=O)NC(C)(C)CO. The smallest absolute Gasteiger partial charge is 0.394 e. The van der Waals surface area contributed by atoms with Crippen LogP contribution in [0.1, 0.15) is 35.6 Å². The van der Waals surface area contributed by atoms with Crippen molar-refractivity contribution in [1.82, 2.24) is 24.3 Å². The molecule has 3 N–H and O–H groups in total. The number of thiazole rings is 1. The van der Waals surface area contributed by atoms with Crippen molar-refractivity contribution < 1.29 is 31.5 Å². The zero-order chi connectivity index (χ0) is 28.0. The van der Waals surface area contributed by atoms with Crippen molar-refractivity contribution in [3.8, 4) is 11.3 Å². The fourth-order valence-electron chi connectivity index (χ4n) is 3.39. The van der Waals surface area contributed by atoms with Gasteiger partial charge >= 0.3 is 6.18 Å². The van der Waals surface area contributed by atoms with E-state index in [2.05, 4.69) is 25.1 Å². The van der Waals surface area contributed by atoms with Gasteiger partial charge in [-0.15, -0.1) is 0 Å². The summed E-state index contributed by atoms with van der Waals surface area (Å²) in [6, 6.07) is 6.78. The zero-order valence-corrected chi connectivity index (χ0v) is 22.3. The molecule has 0 bridgehead atoms. The number of benzene rings is 1. The Labute approximate surface area is 223 Å². The van der Waals surface area contributed by atoms with E-state index in [1.165, 1.54) is 45.0 Å². The maximum Gasteiger partial charge on any atom is 0.433 e. The topological polar surface area (TPSA) is 139 Å². The molecule has 10 nitrogen and oxygen atoms in total. The summed E-state index contributed by atoms with van der Waals surface area (Å²) in [6.07, 6.45) is -3.88. The van der Waals surface area contributed by atoms with Crippen LogP contribution in [0, 0.1) is 6.92 Å². The summed E-state index contributed by atoms with van der Waals surface area (Å²) in [5.74, 6) is -0.893. The summed E-state index contributed by atoms with van der Waals surface area (Å²) in [5.41, 5.74) is -2.61. The lowest BCUT2D eigenvalue weighted by Crippen LogP contribution is -2.46. The van der Waals surface area contributed by atoms with Crippen LogP contribution in [0.2, 0.25) is 5.02 Å². The van der Waals surface area contributed by atoms with Crippen LogP contribution >= 0.6 is 22.9 Å². The van der Waals surface area contributed by atoms with Gasteiger partial charge in [0.1, 0.15) is 5.56 Å². The molecular weight excluding hydrogens is 569 g/mol. The van der Waals surface area contributed by atoms with Gasteiger partial charge in [0.05, 0.1) is 29.7 Å². The Morgan fingerprint density at radius 1 is 1.18 bits per heavy atom. The molecule has 16 heteroatoms. The number of nitrogens with zero attached hydrogens (tertiary/aromatic N) is 4. The number of carbonyl (C=O) groups is 1. The predicted octanol–water partition coefficient (Wildman–Crippen LogP) is 4.13. The lowest BCUT2D eigenvalue weighted by molar-refractivity contribution is -0.142. The minimum Gasteiger partial charge on any atom is -0.394 e. The standard InChI is InChI=1S/C22H20ClF3N6O4S2/c1-11-19(38(35,36)31-21(2,3)10-33)37-20(28-11)30-18(34)14-9-27-32-16(22(24,25)26)8-15(29-17(14)32)12-4-6-13(23)7-5-12/h4-9,31,33H,10H2,1-3H3,(H,28,30,34). The van der Waals surface area contributed by atoms with E-state index in [0.717, 1.165) is 12.3 Å². The van der Waals surface area contributed by atoms with Gasteiger partial charge in [0.2, 0.25) is 0 Å². The van der Waals surface area contributed by atoms with Gasteiger partial charge in [-0.25, -0.2) is 27.6 Å². The van der Waals surface area contributed by atoms with Gasteiger partial charge in [-0.1, -0.05) is 35.1 Å². The molecule has 0 saturated heterocycles. The molecule has 202 valence electrons. The van der Waals surface area contributed by atoms with E-state index in [4.69, 9.17) is 11.6 Å². The molecule has 4 rings (SSSR count). The number of aryl methyl sites for hydroxylation is 1. The largest absolute Gasteiger partial charge is 0.433 e. The Bertz CT molecular complexity index is 1630. The molecule has 1 aromatic carbocycles. The zero-order valence-electron chi connectivity index (χ0n) is 20.0. The summed E-state index contributed by atoms with van der Waals surface area (Å²) in [7, 11) is -4.09. The minimum absolute atomic E-state index is 0.0629. The van der Waals surface area contributed by atoms with E-state index in [0.29, 0.717) is 26.4 Å². The fourth-order valence-corrected chi connectivity index (χ4v) is 6.33. The normalized spacial score (nSPS) is 12.7. The van der Waals surface area contributed by atoms with Crippen molar-refractivity contribution in [3.05, 3.63) is 58.5 Å². The lowest BCUT2D eigenvalue weighted by Gasteiger charge is -2.22. The number of amides is 1. The van der Waals surface area contributed by atoms with Crippen molar-refractivity contribution in [2.75, 3.05) is 11.9 Å². The molecule has 4 aromatic rings. The molecule has 38 heavy (non-hydrogen) atoms. The minimum atomic E-state index is -4.81. The molecule has 0 aliphatic heterocycles. The number of carbonyl (C=O) groups excluding carboxylic acids is 1. The number of fused-ring (bicyclic) bond motifs is 1. The number of nitrogens with one attached hydrogen (secondary N) is 2. The summed E-state index contributed by atoms with van der Waals surface area (Å²) in [5, 5.41) is 15.8. The van der Waals surface area contributed by atoms with Gasteiger partial charge in [0.15, 0.2) is 20.7 Å². The number of halogens is 4. The van der Waals surface area contributed by atoms with Gasteiger partial charge in [-0.3, -0.25) is 10.1 Å². The Kier molecular flexibility index (Phi) is 7.26. The third-order valence-electron chi connectivity index (χ3n) is 5.17. The Morgan fingerprint density at radius 2 is 1.84 bits per heavy atom. The first kappa shape index (κ1) is 27.9. The monoisotopic (exact) mass is 588 g/mol. The lowest BCUT2D eigenvalue weighted by atomic mass is 10.1. The van der Waals surface area contributed by atoms with Crippen LogP contribution in [-0.2, 0) is 16.2 Å². The summed E-state index contributed by atoms with van der Waals surface area (Å²) < 4.78 is 69.7. The van der Waals surface area contributed by atoms with E-state index < -0.39 is 39.9 Å². The molecule has 3 aromatic heterocycles. The molecule has 0 spiro atoms. The molecule has 0 fully saturated rings. The molecular formula is C22H20ClF3N6O4S2. The maximum atomic E-state index is 13.8. The summed E-state index contributed by atoms with van der Waals surface area (Å²) >= 11 is 6.52. The number of hydrogen-bond donors (Lipinski definition) is 3. The highest BCUT2D eigenvalue weighted by Crippen LogP contribution is 2.34. The third kappa shape index (κ3) is 5.66. The second-order valence-electron chi connectivity index (χ2n) is 8.82. The highest BCUT2D eigenvalue weighted by Gasteiger charge is 2.36. The first-order valence-corrected chi connectivity index (χ1v) is 13.4. The molecule has 0 unspecified atom stereocenters. The summed E-state index contributed by atoms with van der Waals surface area (Å²) in [6.45, 7) is 3.91. The number of aliphatic hydroxyl groups excluding tert-OH is 1. The molecule has 3 heterocycles. The van der Waals surface area contributed by atoms with E-state index in [1.807, 2.05) is 0 Å². The second-order valence-corrected chi connectivity index (χ2v) is 12.1. The predicted molar refractivity (Wildman–Crippen MR) is 135 cm³/mol. The third-order valence-corrected chi connectivity index (χ3v) is 8.80. The van der Waals surface area contributed by atoms with Crippen LogP contribution in [0.15, 0.2) is 40.7 Å². The number of aliphatic hydroxyl groups is 1. The quantitative estimate of drug-likeness (QED) is 0.295. The van der Waals surface area contributed by atoms with Crippen LogP contribution in [0.4, 0.5) is 18.3 Å². The number of sulfonamides is 1. The Balaban J connectivity index is 1.72. The molecule has 1 amide bonds. The van der Waals surface area contributed by atoms with Gasteiger partial charge in [-0.05, 0) is 39.0 Å². The maximum absolute atomic E-state index is 13.8. The van der Waals surface area contributed by atoms with Gasteiger partial charge in [0, 0.05) is 10.6 Å². The van der Waals surface area contributed by atoms with Crippen molar-refractivity contribution >= 4 is 49.6 Å². The fraction of sp³-hybridized carbons (Fsp3) is 0.273. The van der Waals surface area contributed by atoms with Crippen LogP contribution in [0.25, 0.3) is 16.9 Å². The molecule has 0 radical (unpaired) electrons. The average Bonchev–Trinajstić information content (AvgIpc) is 3.41. The van der Waals surface area contributed by atoms with E-state index in [-0.39, 0.29) is 31.9 Å². The number of aromatic nitrogens is 4. The first-order chi connectivity index (χ1) is 17.6. The van der Waals surface area contributed by atoms with E-state index in [9.17, 15) is 31.5 Å². The number of rotatable bonds is 7. The molecule has 0 aliphatic rings. The number of alkyl halides is 3. The Morgan fingerprint density at radius 3 is 2.45 bits per heavy atom. The van der Waals surface area contributed by atoms with Crippen LogP contribution in [-0.4, -0.2) is 51.2 Å². The number of anilines is 1. The number of hydrogen-bond acceptors (Lipinski definition) is 8. The second kappa shape index (κ2) is 9.89. The van der Waals surface area contributed by atoms with Crippen molar-refractivity contribution in [2.45, 2.75) is 36.7 Å².